The first-order valence-corrected chi connectivity index (χ1v) is 11.6. The number of carbonyl (C=O) groups excluding carboxylic acids is 1. The Morgan fingerprint density at radius 3 is 2.59 bits per heavy atom. The van der Waals surface area contributed by atoms with Gasteiger partial charge in [-0.3, -0.25) is 9.59 Å². The largest absolute Gasteiger partial charge is 0.312 e. The maximum atomic E-state index is 13.2. The molecule has 5 rings (SSSR count). The van der Waals surface area contributed by atoms with Gasteiger partial charge in [-0.25, -0.2) is 0 Å². The zero-order valence-corrected chi connectivity index (χ0v) is 18.8. The van der Waals surface area contributed by atoms with E-state index in [4.69, 9.17) is 0 Å². The first-order chi connectivity index (χ1) is 15.5. The van der Waals surface area contributed by atoms with Crippen molar-refractivity contribution >= 4 is 34.3 Å². The van der Waals surface area contributed by atoms with Crippen LogP contribution in [0.25, 0.3) is 10.8 Å². The highest BCUT2D eigenvalue weighted by Crippen LogP contribution is 2.38. The number of hydrogen-bond donors (Lipinski definition) is 1. The van der Waals surface area contributed by atoms with E-state index in [1.54, 1.807) is 0 Å². The number of fused-ring (bicyclic) bond motifs is 2. The van der Waals surface area contributed by atoms with E-state index in [2.05, 4.69) is 41.5 Å². The van der Waals surface area contributed by atoms with Gasteiger partial charge in [0.05, 0.1) is 5.56 Å². The van der Waals surface area contributed by atoms with Crippen LogP contribution in [0, 0.1) is 6.92 Å². The average Bonchev–Trinajstić information content (AvgIpc) is 2.80. The molecule has 6 heteroatoms. The lowest BCUT2D eigenvalue weighted by molar-refractivity contribution is -0.116. The summed E-state index contributed by atoms with van der Waals surface area (Å²) in [5.74, 6) is 0.823. The predicted molar refractivity (Wildman–Crippen MR) is 129 cm³/mol. The lowest BCUT2D eigenvalue weighted by Gasteiger charge is -2.28. The Morgan fingerprint density at radius 1 is 1.03 bits per heavy atom. The van der Waals surface area contributed by atoms with Crippen LogP contribution >= 0.6 is 11.8 Å². The summed E-state index contributed by atoms with van der Waals surface area (Å²) in [6.45, 7) is 2.06. The Morgan fingerprint density at radius 2 is 1.78 bits per heavy atom. The molecular formula is C26H23N3O2S. The maximum Gasteiger partial charge on any atom is 0.279 e. The van der Waals surface area contributed by atoms with Crippen LogP contribution < -0.4 is 10.9 Å². The van der Waals surface area contributed by atoms with Crippen LogP contribution in [0.15, 0.2) is 76.7 Å². The van der Waals surface area contributed by atoms with E-state index in [0.29, 0.717) is 22.3 Å². The van der Waals surface area contributed by atoms with Crippen molar-refractivity contribution in [2.75, 3.05) is 5.32 Å². The van der Waals surface area contributed by atoms with E-state index < -0.39 is 0 Å². The zero-order valence-electron chi connectivity index (χ0n) is 18.0. The number of rotatable bonds is 4. The van der Waals surface area contributed by atoms with Crippen LogP contribution in [0.2, 0.25) is 0 Å². The third-order valence-electron chi connectivity index (χ3n) is 5.99. The molecule has 1 aliphatic rings. The number of benzene rings is 3. The van der Waals surface area contributed by atoms with E-state index in [1.807, 2.05) is 54.1 Å². The topological polar surface area (TPSA) is 64.0 Å². The molecule has 0 saturated heterocycles. The van der Waals surface area contributed by atoms with Crippen LogP contribution in [0.1, 0.15) is 34.6 Å². The van der Waals surface area contributed by atoms with Gasteiger partial charge in [0.1, 0.15) is 5.82 Å². The Hall–Kier alpha value is -3.38. The fourth-order valence-corrected chi connectivity index (χ4v) is 5.24. The van der Waals surface area contributed by atoms with Crippen LogP contribution in [0.4, 0.5) is 5.82 Å². The number of aromatic nitrogens is 2. The van der Waals surface area contributed by atoms with Crippen LogP contribution in [-0.4, -0.2) is 15.5 Å². The number of thioether (sulfide) groups is 1. The highest BCUT2D eigenvalue weighted by atomic mass is 32.2. The van der Waals surface area contributed by atoms with Crippen molar-refractivity contribution in [1.82, 2.24) is 9.55 Å². The van der Waals surface area contributed by atoms with Gasteiger partial charge in [-0.1, -0.05) is 84.1 Å². The van der Waals surface area contributed by atoms with Crippen LogP contribution in [0.3, 0.4) is 0 Å². The SMILES string of the molecule is Cc1ccc(CSc2nc(=O)c3c(n2C)NC(=O)CC3c2cccc3ccccc23)cc1. The molecule has 0 radical (unpaired) electrons. The van der Waals surface area contributed by atoms with E-state index in [-0.39, 0.29) is 23.8 Å². The average molecular weight is 442 g/mol. The van der Waals surface area contributed by atoms with Crippen molar-refractivity contribution < 1.29 is 4.79 Å². The van der Waals surface area contributed by atoms with Gasteiger partial charge in [-0.05, 0) is 28.8 Å². The molecule has 32 heavy (non-hydrogen) atoms. The van der Waals surface area contributed by atoms with Crippen molar-refractivity contribution in [2.24, 2.45) is 7.05 Å². The molecule has 1 aliphatic heterocycles. The third kappa shape index (κ3) is 3.71. The summed E-state index contributed by atoms with van der Waals surface area (Å²) >= 11 is 1.49. The number of aryl methyl sites for hydroxylation is 1. The first kappa shape index (κ1) is 20.5. The molecule has 0 fully saturated rings. The second kappa shape index (κ2) is 8.28. The lowest BCUT2D eigenvalue weighted by atomic mass is 9.84. The molecule has 0 bridgehead atoms. The summed E-state index contributed by atoms with van der Waals surface area (Å²) in [6.07, 6.45) is 0.230. The standard InChI is InChI=1S/C26H23N3O2S/c1-16-10-12-17(13-11-16)15-32-26-28-25(31)23-21(14-22(30)27-24(23)29(26)2)20-9-5-7-18-6-3-4-8-19(18)20/h3-13,21H,14-15H2,1-2H3,(H,27,30). The molecule has 1 unspecified atom stereocenters. The molecule has 1 atom stereocenters. The van der Waals surface area contributed by atoms with Gasteiger partial charge in [0.15, 0.2) is 5.16 Å². The summed E-state index contributed by atoms with van der Waals surface area (Å²) in [5, 5.41) is 5.67. The van der Waals surface area contributed by atoms with E-state index in [1.165, 1.54) is 17.3 Å². The third-order valence-corrected chi connectivity index (χ3v) is 7.09. The number of nitrogens with one attached hydrogen (secondary N) is 1. The molecule has 1 aromatic heterocycles. The van der Waals surface area contributed by atoms with Crippen molar-refractivity contribution in [2.45, 2.75) is 30.2 Å². The molecule has 5 nitrogen and oxygen atoms in total. The summed E-state index contributed by atoms with van der Waals surface area (Å²) < 4.78 is 1.84. The maximum absolute atomic E-state index is 13.2. The summed E-state index contributed by atoms with van der Waals surface area (Å²) in [6, 6.07) is 22.4. The fourth-order valence-electron chi connectivity index (χ4n) is 4.32. The van der Waals surface area contributed by atoms with Crippen molar-refractivity contribution in [3.63, 3.8) is 0 Å². The fraction of sp³-hybridized carbons (Fsp3) is 0.192. The Kier molecular flexibility index (Phi) is 5.31. The molecule has 0 aliphatic carbocycles. The van der Waals surface area contributed by atoms with Gasteiger partial charge in [-0.2, -0.15) is 4.98 Å². The minimum Gasteiger partial charge on any atom is -0.312 e. The monoisotopic (exact) mass is 441 g/mol. The Labute approximate surface area is 190 Å². The summed E-state index contributed by atoms with van der Waals surface area (Å²) in [5.41, 5.74) is 3.63. The zero-order chi connectivity index (χ0) is 22.2. The minimum atomic E-state index is -0.327. The molecule has 160 valence electrons. The lowest BCUT2D eigenvalue weighted by Crippen LogP contribution is -2.33. The van der Waals surface area contributed by atoms with E-state index in [9.17, 15) is 9.59 Å². The quantitative estimate of drug-likeness (QED) is 0.357. The minimum absolute atomic E-state index is 0.0916. The normalized spacial score (nSPS) is 15.4. The van der Waals surface area contributed by atoms with Crippen LogP contribution in [0.5, 0.6) is 0 Å². The van der Waals surface area contributed by atoms with E-state index >= 15 is 0 Å². The summed E-state index contributed by atoms with van der Waals surface area (Å²) in [7, 11) is 1.86. The van der Waals surface area contributed by atoms with Gasteiger partial charge >= 0.3 is 0 Å². The van der Waals surface area contributed by atoms with Gasteiger partial charge in [0.2, 0.25) is 5.91 Å². The first-order valence-electron chi connectivity index (χ1n) is 10.6. The number of hydrogen-bond acceptors (Lipinski definition) is 4. The van der Waals surface area contributed by atoms with Crippen LogP contribution in [-0.2, 0) is 17.6 Å². The molecule has 0 spiro atoms. The Balaban J connectivity index is 1.57. The van der Waals surface area contributed by atoms with Gasteiger partial charge in [-0.15, -0.1) is 0 Å². The summed E-state index contributed by atoms with van der Waals surface area (Å²) in [4.78, 5) is 30.3. The smallest absolute Gasteiger partial charge is 0.279 e. The number of anilines is 1. The number of carbonyl (C=O) groups is 1. The van der Waals surface area contributed by atoms with E-state index in [0.717, 1.165) is 21.9 Å². The van der Waals surface area contributed by atoms with Crippen molar-refractivity contribution in [1.29, 1.82) is 0 Å². The second-order valence-electron chi connectivity index (χ2n) is 8.17. The second-order valence-corrected chi connectivity index (χ2v) is 9.11. The van der Waals surface area contributed by atoms with Crippen molar-refractivity contribution in [3.8, 4) is 0 Å². The highest BCUT2D eigenvalue weighted by molar-refractivity contribution is 7.98. The molecular weight excluding hydrogens is 418 g/mol. The van der Waals surface area contributed by atoms with Crippen molar-refractivity contribution in [3.05, 3.63) is 99.3 Å². The molecule has 0 saturated carbocycles. The van der Waals surface area contributed by atoms with Gasteiger partial charge in [0.25, 0.3) is 5.56 Å². The number of amides is 1. The highest BCUT2D eigenvalue weighted by Gasteiger charge is 2.32. The molecule has 4 aromatic rings. The number of nitrogens with zero attached hydrogens (tertiary/aromatic N) is 2. The Bertz CT molecular complexity index is 1390. The molecule has 3 aromatic carbocycles. The van der Waals surface area contributed by atoms with Gasteiger partial charge in [0, 0.05) is 25.1 Å². The molecule has 2 heterocycles. The molecule has 1 N–H and O–H groups in total. The van der Waals surface area contributed by atoms with Gasteiger partial charge < -0.3 is 9.88 Å². The molecule has 1 amide bonds. The predicted octanol–water partition coefficient (Wildman–Crippen LogP) is 5.01.